The monoisotopic (exact) mass is 404 g/mol. The van der Waals surface area contributed by atoms with Crippen LogP contribution >= 0.6 is 0 Å². The fourth-order valence-corrected chi connectivity index (χ4v) is 3.30. The van der Waals surface area contributed by atoms with Crippen LogP contribution in [0, 0.1) is 0 Å². The first kappa shape index (κ1) is 21.7. The van der Waals surface area contributed by atoms with E-state index in [9.17, 15) is 13.2 Å². The Balaban J connectivity index is 1.85. The number of urea groups is 1. The number of nitrogens with one attached hydrogen (secondary N) is 3. The minimum absolute atomic E-state index is 0.0498. The third-order valence-corrected chi connectivity index (χ3v) is 5.57. The zero-order valence-corrected chi connectivity index (χ0v) is 17.1. The Bertz CT molecular complexity index is 857. The van der Waals surface area contributed by atoms with Gasteiger partial charge in [0.15, 0.2) is 0 Å². The average Bonchev–Trinajstić information content (AvgIpc) is 2.69. The number of benzene rings is 2. The summed E-state index contributed by atoms with van der Waals surface area (Å²) in [7, 11) is -1.22. The molecule has 2 aromatic carbocycles. The van der Waals surface area contributed by atoms with Gasteiger partial charge in [0.05, 0.1) is 17.1 Å². The fourth-order valence-electron chi connectivity index (χ4n) is 2.64. The van der Waals surface area contributed by atoms with Crippen LogP contribution in [0.5, 0.6) is 0 Å². The maximum atomic E-state index is 12.2. The Labute approximate surface area is 167 Å². The van der Waals surface area contributed by atoms with Crippen molar-refractivity contribution in [2.45, 2.75) is 19.9 Å². The molecule has 28 heavy (non-hydrogen) atoms. The van der Waals surface area contributed by atoms with Gasteiger partial charge < -0.3 is 15.5 Å². The normalized spacial score (nSPS) is 11.1. The quantitative estimate of drug-likeness (QED) is 0.531. The Hall–Kier alpha value is -2.58. The van der Waals surface area contributed by atoms with Crippen LogP contribution in [0.4, 0.5) is 16.2 Å². The van der Waals surface area contributed by atoms with Crippen LogP contribution in [0.3, 0.4) is 0 Å². The predicted octanol–water partition coefficient (Wildman–Crippen LogP) is 2.77. The molecule has 7 nitrogen and oxygen atoms in total. The first-order valence-electron chi connectivity index (χ1n) is 9.27. The number of anilines is 2. The number of carbonyl (C=O) groups is 1. The molecule has 2 aromatic rings. The molecular weight excluding hydrogens is 376 g/mol. The second-order valence-electron chi connectivity index (χ2n) is 6.39. The van der Waals surface area contributed by atoms with E-state index in [2.05, 4.69) is 32.4 Å². The summed E-state index contributed by atoms with van der Waals surface area (Å²) in [5.74, 6) is 0.0498. The molecule has 3 N–H and O–H groups in total. The first-order chi connectivity index (χ1) is 13.4. The molecule has 0 radical (unpaired) electrons. The number of rotatable bonds is 10. The minimum atomic E-state index is -3.19. The third-order valence-electron chi connectivity index (χ3n) is 4.17. The van der Waals surface area contributed by atoms with Gasteiger partial charge in [-0.15, -0.1) is 0 Å². The number of hydrogen-bond donors (Lipinski definition) is 3. The van der Waals surface area contributed by atoms with E-state index in [4.69, 9.17) is 0 Å². The molecule has 0 saturated carbocycles. The van der Waals surface area contributed by atoms with Crippen LogP contribution in [-0.4, -0.2) is 40.3 Å². The van der Waals surface area contributed by atoms with E-state index in [0.717, 1.165) is 12.2 Å². The number of hydrogen-bond acceptors (Lipinski definition) is 4. The summed E-state index contributed by atoms with van der Waals surface area (Å²) in [4.78, 5) is 14.3. The molecule has 0 unspecified atom stereocenters. The third kappa shape index (κ3) is 7.21. The molecule has 0 spiro atoms. The molecule has 0 aromatic heterocycles. The zero-order valence-electron chi connectivity index (χ0n) is 16.3. The summed E-state index contributed by atoms with van der Waals surface area (Å²) in [6, 6.07) is 17.4. The van der Waals surface area contributed by atoms with E-state index in [0.29, 0.717) is 25.2 Å². The maximum Gasteiger partial charge on any atom is 0.319 e. The topological polar surface area (TPSA) is 90.5 Å². The van der Waals surface area contributed by atoms with Gasteiger partial charge in [-0.1, -0.05) is 42.5 Å². The van der Waals surface area contributed by atoms with E-state index < -0.39 is 10.0 Å². The molecule has 0 saturated heterocycles. The van der Waals surface area contributed by atoms with Crippen LogP contribution in [-0.2, 0) is 16.6 Å². The Kier molecular flexibility index (Phi) is 8.28. The van der Waals surface area contributed by atoms with Crippen molar-refractivity contribution < 1.29 is 13.2 Å². The van der Waals surface area contributed by atoms with E-state index >= 15 is 0 Å². The summed E-state index contributed by atoms with van der Waals surface area (Å²) in [6.07, 6.45) is 0.516. The number of para-hydroxylation sites is 2. The van der Waals surface area contributed by atoms with Crippen LogP contribution < -0.4 is 20.3 Å². The average molecular weight is 405 g/mol. The zero-order chi connectivity index (χ0) is 20.4. The minimum Gasteiger partial charge on any atom is -0.369 e. The van der Waals surface area contributed by atoms with Gasteiger partial charge in [0.25, 0.3) is 0 Å². The second kappa shape index (κ2) is 10.7. The highest BCUT2D eigenvalue weighted by Gasteiger charge is 2.10. The lowest BCUT2D eigenvalue weighted by molar-refractivity contribution is 0.252. The summed E-state index contributed by atoms with van der Waals surface area (Å²) >= 11 is 0. The van der Waals surface area contributed by atoms with Crippen molar-refractivity contribution in [3.8, 4) is 0 Å². The van der Waals surface area contributed by atoms with Gasteiger partial charge in [0.2, 0.25) is 10.0 Å². The molecule has 0 bridgehead atoms. The van der Waals surface area contributed by atoms with Crippen molar-refractivity contribution in [3.63, 3.8) is 0 Å². The van der Waals surface area contributed by atoms with E-state index in [1.54, 1.807) is 6.92 Å². The van der Waals surface area contributed by atoms with Gasteiger partial charge in [-0.2, -0.15) is 0 Å². The second-order valence-corrected chi connectivity index (χ2v) is 8.49. The van der Waals surface area contributed by atoms with Crippen molar-refractivity contribution in [3.05, 3.63) is 60.2 Å². The van der Waals surface area contributed by atoms with Crippen LogP contribution in [0.15, 0.2) is 54.6 Å². The van der Waals surface area contributed by atoms with Gasteiger partial charge in [0.1, 0.15) is 0 Å². The van der Waals surface area contributed by atoms with E-state index in [1.165, 1.54) is 5.56 Å². The van der Waals surface area contributed by atoms with Crippen molar-refractivity contribution in [2.75, 3.05) is 36.1 Å². The summed E-state index contributed by atoms with van der Waals surface area (Å²) in [5, 5.41) is 5.61. The molecule has 2 rings (SSSR count). The van der Waals surface area contributed by atoms with Gasteiger partial charge >= 0.3 is 6.03 Å². The van der Waals surface area contributed by atoms with Crippen molar-refractivity contribution in [2.24, 2.45) is 0 Å². The molecule has 152 valence electrons. The molecular formula is C20H28N4O3S. The Morgan fingerprint density at radius 1 is 1.00 bits per heavy atom. The highest BCUT2D eigenvalue weighted by atomic mass is 32.2. The predicted molar refractivity (Wildman–Crippen MR) is 114 cm³/mol. The molecule has 8 heteroatoms. The van der Waals surface area contributed by atoms with Crippen molar-refractivity contribution in [1.29, 1.82) is 0 Å². The Morgan fingerprint density at radius 2 is 1.68 bits per heavy atom. The SMILES string of the molecule is CCS(=O)(=O)NCCCNC(=O)Nc1ccccc1N(C)Cc1ccccc1. The Morgan fingerprint density at radius 3 is 2.39 bits per heavy atom. The van der Waals surface area contributed by atoms with Crippen molar-refractivity contribution >= 4 is 27.4 Å². The highest BCUT2D eigenvalue weighted by Crippen LogP contribution is 2.25. The molecule has 0 heterocycles. The molecule has 0 aliphatic rings. The smallest absolute Gasteiger partial charge is 0.319 e. The van der Waals surface area contributed by atoms with Crippen LogP contribution in [0.2, 0.25) is 0 Å². The largest absolute Gasteiger partial charge is 0.369 e. The van der Waals surface area contributed by atoms with Gasteiger partial charge in [0, 0.05) is 26.7 Å². The van der Waals surface area contributed by atoms with Gasteiger partial charge in [-0.05, 0) is 31.0 Å². The standard InChI is InChI=1S/C20H28N4O3S/c1-3-28(26,27)22-15-9-14-21-20(25)23-18-12-7-8-13-19(18)24(2)16-17-10-5-4-6-11-17/h4-8,10-13,22H,3,9,14-16H2,1-2H3,(H2,21,23,25). The number of sulfonamides is 1. The summed E-state index contributed by atoms with van der Waals surface area (Å²) < 4.78 is 25.2. The number of carbonyl (C=O) groups excluding carboxylic acids is 1. The number of nitrogens with zero attached hydrogens (tertiary/aromatic N) is 1. The van der Waals surface area contributed by atoms with E-state index in [-0.39, 0.29) is 11.8 Å². The van der Waals surface area contributed by atoms with Crippen LogP contribution in [0.1, 0.15) is 18.9 Å². The highest BCUT2D eigenvalue weighted by molar-refractivity contribution is 7.89. The molecule has 0 fully saturated rings. The molecule has 0 aliphatic heterocycles. The molecule has 0 atom stereocenters. The van der Waals surface area contributed by atoms with Gasteiger partial charge in [-0.3, -0.25) is 0 Å². The lowest BCUT2D eigenvalue weighted by atomic mass is 10.2. The lowest BCUT2D eigenvalue weighted by Gasteiger charge is -2.23. The summed E-state index contributed by atoms with van der Waals surface area (Å²) in [5.41, 5.74) is 2.81. The van der Waals surface area contributed by atoms with Crippen molar-refractivity contribution in [1.82, 2.24) is 10.0 Å². The van der Waals surface area contributed by atoms with E-state index in [1.807, 2.05) is 49.5 Å². The first-order valence-corrected chi connectivity index (χ1v) is 10.9. The van der Waals surface area contributed by atoms with Gasteiger partial charge in [-0.25, -0.2) is 17.9 Å². The number of amides is 2. The lowest BCUT2D eigenvalue weighted by Crippen LogP contribution is -2.33. The maximum absolute atomic E-state index is 12.2. The fraction of sp³-hybridized carbons (Fsp3) is 0.350. The molecule has 0 aliphatic carbocycles. The summed E-state index contributed by atoms with van der Waals surface area (Å²) in [6.45, 7) is 2.98. The van der Waals surface area contributed by atoms with Crippen LogP contribution in [0.25, 0.3) is 0 Å². The molecule has 2 amide bonds.